The van der Waals surface area contributed by atoms with Crippen molar-refractivity contribution < 1.29 is 24.2 Å². The Labute approximate surface area is 267 Å². The van der Waals surface area contributed by atoms with Gasteiger partial charge in [0.15, 0.2) is 6.10 Å². The van der Waals surface area contributed by atoms with Gasteiger partial charge in [0.1, 0.15) is 6.61 Å². The van der Waals surface area contributed by atoms with E-state index in [1.54, 1.807) is 0 Å². The van der Waals surface area contributed by atoms with Gasteiger partial charge in [-0.3, -0.25) is 9.59 Å². The fourth-order valence-electron chi connectivity index (χ4n) is 5.43. The number of unbranched alkanes of at least 4 members (excludes halogenated alkanes) is 24. The van der Waals surface area contributed by atoms with Crippen molar-refractivity contribution in [2.45, 2.75) is 206 Å². The Bertz CT molecular complexity index is 617. The van der Waals surface area contributed by atoms with E-state index in [2.05, 4.69) is 26.0 Å². The first-order valence-corrected chi connectivity index (χ1v) is 18.7. The average molecular weight is 609 g/mol. The minimum atomic E-state index is -0.766. The fraction of sp³-hybridized carbons (Fsp3) is 0.895. The summed E-state index contributed by atoms with van der Waals surface area (Å²) in [6.07, 6.45) is 38.4. The smallest absolute Gasteiger partial charge is 0.306 e. The van der Waals surface area contributed by atoms with Crippen molar-refractivity contribution >= 4 is 11.9 Å². The van der Waals surface area contributed by atoms with Crippen molar-refractivity contribution in [2.75, 3.05) is 13.2 Å². The monoisotopic (exact) mass is 609 g/mol. The van der Waals surface area contributed by atoms with Gasteiger partial charge in [-0.2, -0.15) is 0 Å². The summed E-state index contributed by atoms with van der Waals surface area (Å²) in [5.74, 6) is -0.592. The minimum Gasteiger partial charge on any atom is -0.462 e. The molecule has 0 aliphatic heterocycles. The molecule has 0 rings (SSSR count). The highest BCUT2D eigenvalue weighted by molar-refractivity contribution is 5.70. The van der Waals surface area contributed by atoms with Crippen LogP contribution >= 0.6 is 0 Å². The first-order valence-electron chi connectivity index (χ1n) is 18.7. The SMILES string of the molecule is CCCCCCCCC/C=C\CCCCCCCC(=O)OC[C@H](CO)OC(=O)CCCCCCCCCCCCCCC. The van der Waals surface area contributed by atoms with Crippen molar-refractivity contribution in [1.82, 2.24) is 0 Å². The molecule has 0 saturated carbocycles. The largest absolute Gasteiger partial charge is 0.462 e. The maximum Gasteiger partial charge on any atom is 0.306 e. The van der Waals surface area contributed by atoms with E-state index in [0.717, 1.165) is 44.9 Å². The van der Waals surface area contributed by atoms with Crippen LogP contribution in [0, 0.1) is 0 Å². The van der Waals surface area contributed by atoms with Gasteiger partial charge in [-0.25, -0.2) is 0 Å². The molecule has 254 valence electrons. The second-order valence-electron chi connectivity index (χ2n) is 12.7. The maximum atomic E-state index is 12.1. The van der Waals surface area contributed by atoms with E-state index >= 15 is 0 Å². The second-order valence-corrected chi connectivity index (χ2v) is 12.7. The third-order valence-corrected chi connectivity index (χ3v) is 8.31. The fourth-order valence-corrected chi connectivity index (χ4v) is 5.43. The van der Waals surface area contributed by atoms with E-state index in [9.17, 15) is 14.7 Å². The molecular weight excluding hydrogens is 536 g/mol. The maximum absolute atomic E-state index is 12.1. The number of hydrogen-bond donors (Lipinski definition) is 1. The van der Waals surface area contributed by atoms with E-state index in [0.29, 0.717) is 12.8 Å². The number of aliphatic hydroxyl groups is 1. The lowest BCUT2D eigenvalue weighted by Crippen LogP contribution is -2.28. The van der Waals surface area contributed by atoms with Crippen molar-refractivity contribution in [3.63, 3.8) is 0 Å². The van der Waals surface area contributed by atoms with Gasteiger partial charge in [-0.15, -0.1) is 0 Å². The van der Waals surface area contributed by atoms with Gasteiger partial charge >= 0.3 is 11.9 Å². The number of ether oxygens (including phenoxy) is 2. The molecule has 0 aliphatic rings. The molecule has 1 atom stereocenters. The zero-order chi connectivity index (χ0) is 31.5. The molecule has 0 bridgehead atoms. The minimum absolute atomic E-state index is 0.0646. The van der Waals surface area contributed by atoms with Crippen LogP contribution in [-0.4, -0.2) is 36.4 Å². The summed E-state index contributed by atoms with van der Waals surface area (Å²) in [6.45, 7) is 4.13. The third-order valence-electron chi connectivity index (χ3n) is 8.31. The molecule has 0 aromatic heterocycles. The lowest BCUT2D eigenvalue weighted by Gasteiger charge is -2.15. The first-order chi connectivity index (χ1) is 21.1. The van der Waals surface area contributed by atoms with Crippen LogP contribution in [-0.2, 0) is 19.1 Å². The molecule has 0 unspecified atom stereocenters. The summed E-state index contributed by atoms with van der Waals surface area (Å²) < 4.78 is 10.6. The molecule has 0 aliphatic carbocycles. The van der Waals surface area contributed by atoms with Gasteiger partial charge in [0.25, 0.3) is 0 Å². The van der Waals surface area contributed by atoms with E-state index in [-0.39, 0.29) is 25.2 Å². The Hall–Kier alpha value is -1.36. The van der Waals surface area contributed by atoms with Gasteiger partial charge < -0.3 is 14.6 Å². The predicted molar refractivity (Wildman–Crippen MR) is 182 cm³/mol. The van der Waals surface area contributed by atoms with Gasteiger partial charge in [0.2, 0.25) is 0 Å². The molecule has 5 nitrogen and oxygen atoms in total. The summed E-state index contributed by atoms with van der Waals surface area (Å²) in [4.78, 5) is 24.2. The molecule has 0 aromatic carbocycles. The highest BCUT2D eigenvalue weighted by Gasteiger charge is 2.16. The van der Waals surface area contributed by atoms with Crippen molar-refractivity contribution in [3.05, 3.63) is 12.2 Å². The van der Waals surface area contributed by atoms with Crippen LogP contribution in [0.3, 0.4) is 0 Å². The molecule has 0 fully saturated rings. The third kappa shape index (κ3) is 33.4. The normalized spacial score (nSPS) is 12.2. The zero-order valence-electron chi connectivity index (χ0n) is 28.7. The number of rotatable bonds is 34. The van der Waals surface area contributed by atoms with Crippen molar-refractivity contribution in [1.29, 1.82) is 0 Å². The van der Waals surface area contributed by atoms with E-state index in [4.69, 9.17) is 9.47 Å². The van der Waals surface area contributed by atoms with Gasteiger partial charge in [0.05, 0.1) is 6.61 Å². The summed E-state index contributed by atoms with van der Waals surface area (Å²) in [7, 11) is 0. The molecule has 0 amide bonds. The molecule has 5 heteroatoms. The van der Waals surface area contributed by atoms with Crippen LogP contribution in [0.5, 0.6) is 0 Å². The molecule has 0 heterocycles. The summed E-state index contributed by atoms with van der Waals surface area (Å²) >= 11 is 0. The number of carbonyl (C=O) groups is 2. The van der Waals surface area contributed by atoms with E-state index in [1.807, 2.05) is 0 Å². The number of esters is 2. The van der Waals surface area contributed by atoms with Gasteiger partial charge in [-0.1, -0.05) is 161 Å². The first kappa shape index (κ1) is 41.6. The summed E-state index contributed by atoms with van der Waals surface area (Å²) in [5.41, 5.74) is 0. The van der Waals surface area contributed by atoms with Crippen LogP contribution in [0.1, 0.15) is 200 Å². The molecule has 43 heavy (non-hydrogen) atoms. The lowest BCUT2D eigenvalue weighted by atomic mass is 10.0. The number of aliphatic hydroxyl groups excluding tert-OH is 1. The van der Waals surface area contributed by atoms with Crippen LogP contribution in [0.15, 0.2) is 12.2 Å². The Morgan fingerprint density at radius 2 is 0.860 bits per heavy atom. The summed E-state index contributed by atoms with van der Waals surface area (Å²) in [5, 5.41) is 9.52. The molecular formula is C38H72O5. The average Bonchev–Trinajstić information content (AvgIpc) is 3.01. The van der Waals surface area contributed by atoms with Crippen LogP contribution < -0.4 is 0 Å². The standard InChI is InChI=1S/C38H72O5/c1-3-5-7-9-11-13-15-17-18-19-21-22-24-26-28-30-32-37(40)42-35-36(34-39)43-38(41)33-31-29-27-25-23-20-16-14-12-10-8-6-4-2/h18-19,36,39H,3-17,20-35H2,1-2H3/b19-18-/t36-/m0/s1. The Morgan fingerprint density at radius 3 is 1.26 bits per heavy atom. The van der Waals surface area contributed by atoms with Crippen LogP contribution in [0.2, 0.25) is 0 Å². The van der Waals surface area contributed by atoms with Gasteiger partial charge in [0, 0.05) is 12.8 Å². The Kier molecular flexibility index (Phi) is 34.0. The van der Waals surface area contributed by atoms with Crippen LogP contribution in [0.25, 0.3) is 0 Å². The molecule has 0 aromatic rings. The second kappa shape index (κ2) is 35.1. The Morgan fingerprint density at radius 1 is 0.512 bits per heavy atom. The Balaban J connectivity index is 3.54. The molecule has 0 radical (unpaired) electrons. The lowest BCUT2D eigenvalue weighted by molar-refractivity contribution is -0.161. The number of carbonyl (C=O) groups excluding carboxylic acids is 2. The summed E-state index contributed by atoms with van der Waals surface area (Å²) in [6, 6.07) is 0. The highest BCUT2D eigenvalue weighted by Crippen LogP contribution is 2.14. The number of allylic oxidation sites excluding steroid dienone is 2. The van der Waals surface area contributed by atoms with Crippen molar-refractivity contribution in [2.24, 2.45) is 0 Å². The van der Waals surface area contributed by atoms with E-state index < -0.39 is 6.10 Å². The predicted octanol–water partition coefficient (Wildman–Crippen LogP) is 11.3. The van der Waals surface area contributed by atoms with E-state index in [1.165, 1.54) is 128 Å². The quantitative estimate of drug-likeness (QED) is 0.0447. The van der Waals surface area contributed by atoms with Crippen molar-refractivity contribution in [3.8, 4) is 0 Å². The topological polar surface area (TPSA) is 72.8 Å². The van der Waals surface area contributed by atoms with Gasteiger partial charge in [-0.05, 0) is 38.5 Å². The van der Waals surface area contributed by atoms with Crippen LogP contribution in [0.4, 0.5) is 0 Å². The molecule has 0 saturated heterocycles. The number of hydrogen-bond acceptors (Lipinski definition) is 5. The highest BCUT2D eigenvalue weighted by atomic mass is 16.6. The zero-order valence-corrected chi connectivity index (χ0v) is 28.7. The molecule has 1 N–H and O–H groups in total. The molecule has 0 spiro atoms.